The van der Waals surface area contributed by atoms with Crippen LogP contribution in [-0.4, -0.2) is 32.2 Å². The summed E-state index contributed by atoms with van der Waals surface area (Å²) in [6, 6.07) is 3.41. The number of anilines is 1. The van der Waals surface area contributed by atoms with Gasteiger partial charge in [-0.25, -0.2) is 8.42 Å². The van der Waals surface area contributed by atoms with Gasteiger partial charge in [-0.1, -0.05) is 0 Å². The molecule has 19 heavy (non-hydrogen) atoms. The monoisotopic (exact) mass is 286 g/mol. The molecule has 1 N–H and O–H groups in total. The van der Waals surface area contributed by atoms with E-state index in [0.29, 0.717) is 11.4 Å². The van der Waals surface area contributed by atoms with Gasteiger partial charge in [0.05, 0.1) is 24.2 Å². The number of aromatic nitrogens is 1. The zero-order valence-corrected chi connectivity index (χ0v) is 12.1. The van der Waals surface area contributed by atoms with Crippen LogP contribution in [0.25, 0.3) is 0 Å². The topological polar surface area (TPSA) is 85.4 Å². The van der Waals surface area contributed by atoms with Crippen molar-refractivity contribution in [1.82, 2.24) is 4.98 Å². The summed E-state index contributed by atoms with van der Waals surface area (Å²) in [7, 11) is -2.20. The highest BCUT2D eigenvalue weighted by atomic mass is 32.2. The molecule has 1 rings (SSSR count). The molecule has 0 radical (unpaired) electrons. The quantitative estimate of drug-likeness (QED) is 0.799. The summed E-state index contributed by atoms with van der Waals surface area (Å²) in [5.41, 5.74) is 1.91. The van der Waals surface area contributed by atoms with Gasteiger partial charge in [0.25, 0.3) is 0 Å². The van der Waals surface area contributed by atoms with Crippen molar-refractivity contribution in [2.45, 2.75) is 26.7 Å². The van der Waals surface area contributed by atoms with E-state index in [4.69, 9.17) is 0 Å². The second-order valence-electron chi connectivity index (χ2n) is 4.19. The molecule has 0 amide bonds. The first kappa shape index (κ1) is 15.4. The number of carbonyl (C=O) groups excluding carboxylic acids is 1. The molecule has 1 heterocycles. The van der Waals surface area contributed by atoms with Crippen molar-refractivity contribution in [3.8, 4) is 0 Å². The summed E-state index contributed by atoms with van der Waals surface area (Å²) in [5.74, 6) is -0.543. The Hall–Kier alpha value is -1.63. The Labute approximate surface area is 113 Å². The van der Waals surface area contributed by atoms with Gasteiger partial charge in [0.2, 0.25) is 10.0 Å². The summed E-state index contributed by atoms with van der Waals surface area (Å²) in [6.07, 6.45) is 0.308. The van der Waals surface area contributed by atoms with Crippen LogP contribution in [-0.2, 0) is 19.6 Å². The fourth-order valence-corrected chi connectivity index (χ4v) is 2.70. The van der Waals surface area contributed by atoms with Crippen LogP contribution in [0.3, 0.4) is 0 Å². The number of esters is 1. The molecule has 0 aliphatic carbocycles. The third-order valence-electron chi connectivity index (χ3n) is 2.51. The van der Waals surface area contributed by atoms with Crippen LogP contribution in [0.15, 0.2) is 12.1 Å². The first-order valence-corrected chi connectivity index (χ1v) is 7.51. The average molecular weight is 286 g/mol. The van der Waals surface area contributed by atoms with Crippen molar-refractivity contribution in [2.75, 3.05) is 17.6 Å². The van der Waals surface area contributed by atoms with Gasteiger partial charge >= 0.3 is 5.97 Å². The molecule has 0 saturated carbocycles. The molecule has 0 saturated heterocycles. The summed E-state index contributed by atoms with van der Waals surface area (Å²) in [6.45, 7) is 3.57. The zero-order chi connectivity index (χ0) is 14.5. The number of pyridine rings is 1. The van der Waals surface area contributed by atoms with E-state index in [1.54, 1.807) is 19.1 Å². The molecule has 0 atom stereocenters. The molecule has 0 aliphatic heterocycles. The van der Waals surface area contributed by atoms with E-state index in [2.05, 4.69) is 14.4 Å². The van der Waals surface area contributed by atoms with Gasteiger partial charge in [0, 0.05) is 12.1 Å². The van der Waals surface area contributed by atoms with Crippen LogP contribution in [0, 0.1) is 13.8 Å². The molecule has 0 bridgehead atoms. The molecule has 1 aromatic heterocycles. The third-order valence-corrected chi connectivity index (χ3v) is 3.87. The molecular weight excluding hydrogens is 268 g/mol. The van der Waals surface area contributed by atoms with Crippen LogP contribution in [0.2, 0.25) is 0 Å². The van der Waals surface area contributed by atoms with Gasteiger partial charge in [-0.2, -0.15) is 0 Å². The number of rotatable bonds is 6. The number of sulfonamides is 1. The van der Waals surface area contributed by atoms with Crippen LogP contribution in [0.4, 0.5) is 5.69 Å². The minimum atomic E-state index is -3.47. The standard InChI is InChI=1S/C12H18N2O4S/c1-9-6-7-11(10(2)13-9)14-19(16,17)8-4-5-12(15)18-3/h6-7,14H,4-5,8H2,1-3H3. The largest absolute Gasteiger partial charge is 0.469 e. The molecule has 0 spiro atoms. The Bertz CT molecular complexity index is 555. The maximum atomic E-state index is 11.8. The smallest absolute Gasteiger partial charge is 0.305 e. The van der Waals surface area contributed by atoms with Crippen LogP contribution in [0.5, 0.6) is 0 Å². The predicted octanol–water partition coefficient (Wildman–Crippen LogP) is 1.39. The number of ether oxygens (including phenoxy) is 1. The third kappa shape index (κ3) is 5.25. The van der Waals surface area contributed by atoms with E-state index in [1.807, 2.05) is 6.92 Å². The molecule has 0 unspecified atom stereocenters. The number of methoxy groups -OCH3 is 1. The first-order valence-electron chi connectivity index (χ1n) is 5.85. The Morgan fingerprint density at radius 3 is 2.63 bits per heavy atom. The van der Waals surface area contributed by atoms with E-state index in [9.17, 15) is 13.2 Å². The number of carbonyl (C=O) groups is 1. The minimum absolute atomic E-state index is 0.0859. The fraction of sp³-hybridized carbons (Fsp3) is 0.500. The lowest BCUT2D eigenvalue weighted by Crippen LogP contribution is -2.18. The van der Waals surface area contributed by atoms with Gasteiger partial charge < -0.3 is 4.74 Å². The second kappa shape index (κ2) is 6.51. The van der Waals surface area contributed by atoms with E-state index >= 15 is 0 Å². The molecule has 6 nitrogen and oxygen atoms in total. The Kier molecular flexibility index (Phi) is 5.29. The summed E-state index contributed by atoms with van der Waals surface area (Å²) in [4.78, 5) is 15.1. The maximum absolute atomic E-state index is 11.8. The fourth-order valence-electron chi connectivity index (χ4n) is 1.52. The molecular formula is C12H18N2O4S. The summed E-state index contributed by atoms with van der Waals surface area (Å²) < 4.78 is 30.5. The van der Waals surface area contributed by atoms with E-state index in [-0.39, 0.29) is 18.6 Å². The number of aryl methyl sites for hydroxylation is 2. The van der Waals surface area contributed by atoms with Gasteiger partial charge in [-0.15, -0.1) is 0 Å². The lowest BCUT2D eigenvalue weighted by atomic mass is 10.3. The van der Waals surface area contributed by atoms with Gasteiger partial charge in [0.1, 0.15) is 0 Å². The highest BCUT2D eigenvalue weighted by molar-refractivity contribution is 7.92. The zero-order valence-electron chi connectivity index (χ0n) is 11.3. The van der Waals surface area contributed by atoms with Crippen molar-refractivity contribution in [3.05, 3.63) is 23.5 Å². The van der Waals surface area contributed by atoms with E-state index in [1.165, 1.54) is 7.11 Å². The highest BCUT2D eigenvalue weighted by Crippen LogP contribution is 2.15. The van der Waals surface area contributed by atoms with Crippen LogP contribution < -0.4 is 4.72 Å². The van der Waals surface area contributed by atoms with Crippen molar-refractivity contribution < 1.29 is 17.9 Å². The summed E-state index contributed by atoms with van der Waals surface area (Å²) >= 11 is 0. The minimum Gasteiger partial charge on any atom is -0.469 e. The molecule has 106 valence electrons. The number of nitrogens with zero attached hydrogens (tertiary/aromatic N) is 1. The average Bonchev–Trinajstić information content (AvgIpc) is 2.32. The highest BCUT2D eigenvalue weighted by Gasteiger charge is 2.13. The Morgan fingerprint density at radius 1 is 1.37 bits per heavy atom. The van der Waals surface area contributed by atoms with Gasteiger partial charge in [-0.05, 0) is 32.4 Å². The van der Waals surface area contributed by atoms with E-state index in [0.717, 1.165) is 5.69 Å². The molecule has 0 aliphatic rings. The first-order chi connectivity index (χ1) is 8.84. The predicted molar refractivity (Wildman–Crippen MR) is 72.4 cm³/mol. The number of hydrogen-bond acceptors (Lipinski definition) is 5. The van der Waals surface area contributed by atoms with Crippen molar-refractivity contribution >= 4 is 21.7 Å². The Morgan fingerprint density at radius 2 is 2.05 bits per heavy atom. The maximum Gasteiger partial charge on any atom is 0.305 e. The van der Waals surface area contributed by atoms with Crippen LogP contribution in [0.1, 0.15) is 24.2 Å². The number of nitrogens with one attached hydrogen (secondary N) is 1. The van der Waals surface area contributed by atoms with Crippen molar-refractivity contribution in [1.29, 1.82) is 0 Å². The van der Waals surface area contributed by atoms with Gasteiger partial charge in [-0.3, -0.25) is 14.5 Å². The van der Waals surface area contributed by atoms with E-state index < -0.39 is 16.0 Å². The normalized spacial score (nSPS) is 11.1. The molecule has 7 heteroatoms. The lowest BCUT2D eigenvalue weighted by Gasteiger charge is -2.10. The molecule has 1 aromatic rings. The van der Waals surface area contributed by atoms with Crippen molar-refractivity contribution in [3.63, 3.8) is 0 Å². The SMILES string of the molecule is COC(=O)CCCS(=O)(=O)Nc1ccc(C)nc1C. The Balaban J connectivity index is 2.61. The number of hydrogen-bond donors (Lipinski definition) is 1. The molecule has 0 fully saturated rings. The van der Waals surface area contributed by atoms with Crippen molar-refractivity contribution in [2.24, 2.45) is 0 Å². The molecule has 0 aromatic carbocycles. The summed E-state index contributed by atoms with van der Waals surface area (Å²) in [5, 5.41) is 0. The lowest BCUT2D eigenvalue weighted by molar-refractivity contribution is -0.140. The van der Waals surface area contributed by atoms with Crippen LogP contribution >= 0.6 is 0 Å². The van der Waals surface area contributed by atoms with Gasteiger partial charge in [0.15, 0.2) is 0 Å². The second-order valence-corrected chi connectivity index (χ2v) is 6.03.